The van der Waals surface area contributed by atoms with Crippen LogP contribution in [0.5, 0.6) is 0 Å². The predicted octanol–water partition coefficient (Wildman–Crippen LogP) is -0.668. The van der Waals surface area contributed by atoms with Crippen LogP contribution in [0.15, 0.2) is 0 Å². The maximum Gasteiger partial charge on any atom is 0.220 e. The average Bonchev–Trinajstić information content (AvgIpc) is 2.62. The zero-order valence-electron chi connectivity index (χ0n) is 7.70. The van der Waals surface area contributed by atoms with Gasteiger partial charge in [0.15, 0.2) is 0 Å². The topological polar surface area (TPSA) is 52.6 Å². The van der Waals surface area contributed by atoms with Gasteiger partial charge in [-0.2, -0.15) is 0 Å². The lowest BCUT2D eigenvalue weighted by Crippen LogP contribution is -2.37. The summed E-state index contributed by atoms with van der Waals surface area (Å²) in [5, 5.41) is 12.2. The summed E-state index contributed by atoms with van der Waals surface area (Å²) in [5.41, 5.74) is 0. The van der Waals surface area contributed by atoms with Crippen LogP contribution in [-0.4, -0.2) is 47.7 Å². The van der Waals surface area contributed by atoms with E-state index in [9.17, 15) is 9.90 Å². The van der Waals surface area contributed by atoms with Crippen molar-refractivity contribution in [3.63, 3.8) is 0 Å². The molecule has 4 nitrogen and oxygen atoms in total. The first-order valence-electron chi connectivity index (χ1n) is 4.94. The van der Waals surface area contributed by atoms with E-state index in [1.54, 1.807) is 0 Å². The van der Waals surface area contributed by atoms with Crippen LogP contribution >= 0.6 is 0 Å². The summed E-state index contributed by atoms with van der Waals surface area (Å²) in [7, 11) is 0. The number of carbonyl (C=O) groups is 1. The number of likely N-dealkylation sites (tertiary alicyclic amines) is 1. The fraction of sp³-hybridized carbons (Fsp3) is 0.889. The minimum Gasteiger partial charge on any atom is -0.392 e. The van der Waals surface area contributed by atoms with E-state index in [2.05, 4.69) is 10.2 Å². The summed E-state index contributed by atoms with van der Waals surface area (Å²) < 4.78 is 0. The summed E-state index contributed by atoms with van der Waals surface area (Å²) in [6, 6.07) is 0.317. The van der Waals surface area contributed by atoms with Gasteiger partial charge in [-0.05, 0) is 12.8 Å². The van der Waals surface area contributed by atoms with Crippen molar-refractivity contribution in [1.29, 1.82) is 0 Å². The Morgan fingerprint density at radius 1 is 1.54 bits per heavy atom. The second-order valence-electron chi connectivity index (χ2n) is 4.01. The van der Waals surface area contributed by atoms with E-state index in [1.165, 1.54) is 0 Å². The molecule has 74 valence electrons. The fourth-order valence-corrected chi connectivity index (χ4v) is 2.10. The van der Waals surface area contributed by atoms with Gasteiger partial charge in [0.2, 0.25) is 5.91 Å². The highest BCUT2D eigenvalue weighted by atomic mass is 16.3. The smallest absolute Gasteiger partial charge is 0.220 e. The van der Waals surface area contributed by atoms with Crippen molar-refractivity contribution >= 4 is 5.91 Å². The van der Waals surface area contributed by atoms with Crippen LogP contribution in [0.2, 0.25) is 0 Å². The Kier molecular flexibility index (Phi) is 2.51. The van der Waals surface area contributed by atoms with Crippen molar-refractivity contribution in [1.82, 2.24) is 10.2 Å². The number of rotatable bonds is 2. The normalized spacial score (nSPS) is 35.3. The number of amides is 1. The van der Waals surface area contributed by atoms with Crippen molar-refractivity contribution in [2.45, 2.75) is 31.4 Å². The Morgan fingerprint density at radius 2 is 2.38 bits per heavy atom. The van der Waals surface area contributed by atoms with Crippen LogP contribution in [0.1, 0.15) is 19.3 Å². The summed E-state index contributed by atoms with van der Waals surface area (Å²) >= 11 is 0. The third-order valence-electron chi connectivity index (χ3n) is 2.81. The molecule has 4 heteroatoms. The number of carbonyl (C=O) groups excluding carboxylic acids is 1. The number of aliphatic hydroxyl groups is 1. The third kappa shape index (κ3) is 2.19. The number of nitrogens with zero attached hydrogens (tertiary/aromatic N) is 1. The van der Waals surface area contributed by atoms with Crippen LogP contribution < -0.4 is 5.32 Å². The minimum atomic E-state index is -0.155. The van der Waals surface area contributed by atoms with Crippen molar-refractivity contribution in [2.75, 3.05) is 19.6 Å². The number of hydrogen-bond acceptors (Lipinski definition) is 3. The van der Waals surface area contributed by atoms with Crippen LogP contribution in [0.3, 0.4) is 0 Å². The van der Waals surface area contributed by atoms with Crippen molar-refractivity contribution in [3.8, 4) is 0 Å². The van der Waals surface area contributed by atoms with E-state index in [0.717, 1.165) is 32.5 Å². The number of hydrogen-bond donors (Lipinski definition) is 2. The van der Waals surface area contributed by atoms with E-state index in [0.29, 0.717) is 12.5 Å². The number of aliphatic hydroxyl groups excluding tert-OH is 1. The van der Waals surface area contributed by atoms with Crippen LogP contribution in [0.4, 0.5) is 0 Å². The first-order valence-corrected chi connectivity index (χ1v) is 4.94. The Bertz CT molecular complexity index is 208. The monoisotopic (exact) mass is 184 g/mol. The Labute approximate surface area is 77.9 Å². The van der Waals surface area contributed by atoms with E-state index in [-0.39, 0.29) is 12.0 Å². The lowest BCUT2D eigenvalue weighted by atomic mass is 10.2. The van der Waals surface area contributed by atoms with E-state index >= 15 is 0 Å². The van der Waals surface area contributed by atoms with Gasteiger partial charge in [-0.15, -0.1) is 0 Å². The Hall–Kier alpha value is -0.610. The lowest BCUT2D eigenvalue weighted by Gasteiger charge is -2.19. The van der Waals surface area contributed by atoms with Gasteiger partial charge in [0, 0.05) is 32.1 Å². The molecule has 2 aliphatic heterocycles. The molecule has 0 aromatic carbocycles. The predicted molar refractivity (Wildman–Crippen MR) is 48.2 cm³/mol. The minimum absolute atomic E-state index is 0.155. The third-order valence-corrected chi connectivity index (χ3v) is 2.81. The maximum atomic E-state index is 10.9. The summed E-state index contributed by atoms with van der Waals surface area (Å²) in [4.78, 5) is 13.1. The van der Waals surface area contributed by atoms with Crippen molar-refractivity contribution < 1.29 is 9.90 Å². The molecule has 2 saturated heterocycles. The molecule has 2 aliphatic rings. The van der Waals surface area contributed by atoms with Crippen LogP contribution in [-0.2, 0) is 4.79 Å². The number of nitrogens with one attached hydrogen (secondary N) is 1. The molecular formula is C9H16N2O2. The molecule has 13 heavy (non-hydrogen) atoms. The second kappa shape index (κ2) is 3.64. The Balaban J connectivity index is 1.75. The SMILES string of the molecule is O=C1CCC(CN2CC[C@@H](O)C2)N1. The van der Waals surface area contributed by atoms with Gasteiger partial charge in [0.25, 0.3) is 0 Å². The molecule has 0 aromatic rings. The second-order valence-corrected chi connectivity index (χ2v) is 4.01. The Morgan fingerprint density at radius 3 is 2.92 bits per heavy atom. The van der Waals surface area contributed by atoms with Gasteiger partial charge >= 0.3 is 0 Å². The summed E-state index contributed by atoms with van der Waals surface area (Å²) in [5.74, 6) is 0.171. The molecule has 2 rings (SSSR count). The molecule has 2 heterocycles. The molecule has 0 aliphatic carbocycles. The van der Waals surface area contributed by atoms with Crippen molar-refractivity contribution in [2.24, 2.45) is 0 Å². The molecule has 0 saturated carbocycles. The van der Waals surface area contributed by atoms with E-state index < -0.39 is 0 Å². The van der Waals surface area contributed by atoms with Gasteiger partial charge < -0.3 is 10.4 Å². The highest BCUT2D eigenvalue weighted by Gasteiger charge is 2.26. The van der Waals surface area contributed by atoms with Crippen LogP contribution in [0, 0.1) is 0 Å². The summed E-state index contributed by atoms with van der Waals surface area (Å²) in [6.45, 7) is 2.64. The first kappa shape index (κ1) is 8.97. The van der Waals surface area contributed by atoms with Gasteiger partial charge in [-0.1, -0.05) is 0 Å². The van der Waals surface area contributed by atoms with E-state index in [1.807, 2.05) is 0 Å². The average molecular weight is 184 g/mol. The van der Waals surface area contributed by atoms with Crippen LogP contribution in [0.25, 0.3) is 0 Å². The maximum absolute atomic E-state index is 10.9. The molecule has 2 atom stereocenters. The molecular weight excluding hydrogens is 168 g/mol. The largest absolute Gasteiger partial charge is 0.392 e. The van der Waals surface area contributed by atoms with E-state index in [4.69, 9.17) is 0 Å². The lowest BCUT2D eigenvalue weighted by molar-refractivity contribution is -0.119. The molecule has 1 amide bonds. The molecule has 0 aromatic heterocycles. The van der Waals surface area contributed by atoms with Gasteiger partial charge in [0.1, 0.15) is 0 Å². The van der Waals surface area contributed by atoms with Gasteiger partial charge in [0.05, 0.1) is 6.10 Å². The zero-order valence-corrected chi connectivity index (χ0v) is 7.70. The van der Waals surface area contributed by atoms with Crippen molar-refractivity contribution in [3.05, 3.63) is 0 Å². The van der Waals surface area contributed by atoms with Gasteiger partial charge in [-0.3, -0.25) is 9.69 Å². The molecule has 2 fully saturated rings. The quantitative estimate of drug-likeness (QED) is 0.598. The highest BCUT2D eigenvalue weighted by molar-refractivity contribution is 5.78. The standard InChI is InChI=1S/C9H16N2O2/c12-8-3-4-11(6-8)5-7-1-2-9(13)10-7/h7-8,12H,1-6H2,(H,10,13)/t7?,8-/m1/s1. The molecule has 0 bridgehead atoms. The zero-order chi connectivity index (χ0) is 9.26. The molecule has 2 N–H and O–H groups in total. The summed E-state index contributed by atoms with van der Waals surface area (Å²) in [6.07, 6.45) is 2.34. The molecule has 0 spiro atoms. The number of β-amino-alcohol motifs (C(OH)–C–C–N with tert-alkyl or cyclic N) is 1. The fourth-order valence-electron chi connectivity index (χ4n) is 2.10. The first-order chi connectivity index (χ1) is 6.24. The molecule has 0 radical (unpaired) electrons. The van der Waals surface area contributed by atoms with Gasteiger partial charge in [-0.25, -0.2) is 0 Å². The highest BCUT2D eigenvalue weighted by Crippen LogP contribution is 2.13. The molecule has 1 unspecified atom stereocenters.